The van der Waals surface area contributed by atoms with Crippen LogP contribution >= 0.6 is 0 Å². The molecule has 3 heterocycles. The first-order valence-corrected chi connectivity index (χ1v) is 36.1. The molecule has 0 radical (unpaired) electrons. The molecule has 0 N–H and O–H groups in total. The summed E-state index contributed by atoms with van der Waals surface area (Å²) < 4.78 is 15.1. The van der Waals surface area contributed by atoms with Crippen LogP contribution in [0.25, 0.3) is 137 Å². The second-order valence-electron chi connectivity index (χ2n) is 27.1. The van der Waals surface area contributed by atoms with Crippen molar-refractivity contribution in [1.29, 1.82) is 0 Å². The van der Waals surface area contributed by atoms with E-state index in [4.69, 9.17) is 8.83 Å². The van der Waals surface area contributed by atoms with Crippen molar-refractivity contribution in [2.45, 2.75) is 0 Å². The summed E-state index contributed by atoms with van der Waals surface area (Å²) in [6, 6.07) is 143. The van der Waals surface area contributed by atoms with Gasteiger partial charge in [0, 0.05) is 88.6 Å². The van der Waals surface area contributed by atoms with Crippen LogP contribution < -0.4 is 14.7 Å². The van der Waals surface area contributed by atoms with E-state index in [2.05, 4.69) is 395 Å². The monoisotopic (exact) mass is 1350 g/mol. The van der Waals surface area contributed by atoms with E-state index in [1.54, 1.807) is 0 Å². The van der Waals surface area contributed by atoms with Gasteiger partial charge in [-0.1, -0.05) is 255 Å². The highest BCUT2D eigenvalue weighted by molar-refractivity contribution is 6.20. The van der Waals surface area contributed by atoms with Crippen molar-refractivity contribution in [3.63, 3.8) is 0 Å². The number of hydrogen-bond donors (Lipinski definition) is 0. The summed E-state index contributed by atoms with van der Waals surface area (Å²) in [6.45, 7) is 0. The third kappa shape index (κ3) is 10.8. The molecule has 6 nitrogen and oxygen atoms in total. The average Bonchev–Trinajstić information content (AvgIpc) is 1.28. The highest BCUT2D eigenvalue weighted by atomic mass is 16.3. The first-order valence-electron chi connectivity index (χ1n) is 36.1. The second-order valence-corrected chi connectivity index (χ2v) is 27.1. The molecule has 0 unspecified atom stereocenters. The number of rotatable bonds is 12. The van der Waals surface area contributed by atoms with Crippen LogP contribution in [-0.2, 0) is 0 Å². The smallest absolute Gasteiger partial charge is 0.136 e. The molecule has 0 aliphatic heterocycles. The molecular formula is C100H66N4O2. The summed E-state index contributed by atoms with van der Waals surface area (Å²) in [5.74, 6) is 0. The van der Waals surface area contributed by atoms with Gasteiger partial charge < -0.3 is 28.1 Å². The molecule has 0 atom stereocenters. The van der Waals surface area contributed by atoms with Gasteiger partial charge in [-0.15, -0.1) is 0 Å². The van der Waals surface area contributed by atoms with Gasteiger partial charge in [-0.3, -0.25) is 0 Å². The minimum atomic E-state index is 0.902. The van der Waals surface area contributed by atoms with Crippen molar-refractivity contribution in [3.8, 4) is 27.9 Å². The van der Waals surface area contributed by atoms with Crippen molar-refractivity contribution < 1.29 is 8.83 Å². The van der Waals surface area contributed by atoms with Crippen molar-refractivity contribution in [2.75, 3.05) is 14.7 Å². The zero-order valence-corrected chi connectivity index (χ0v) is 57.7. The third-order valence-corrected chi connectivity index (χ3v) is 21.0. The fraction of sp³-hybridized carbons (Fsp3) is 0. The largest absolute Gasteiger partial charge is 0.456 e. The quantitative estimate of drug-likeness (QED) is 0.114. The summed E-state index contributed by atoms with van der Waals surface area (Å²) in [7, 11) is 0. The van der Waals surface area contributed by atoms with Crippen molar-refractivity contribution in [2.24, 2.45) is 0 Å². The van der Waals surface area contributed by atoms with E-state index in [1.807, 2.05) is 24.3 Å². The lowest BCUT2D eigenvalue weighted by atomic mass is 9.98. The lowest BCUT2D eigenvalue weighted by molar-refractivity contribution is 0.669. The molecule has 21 aromatic rings. The third-order valence-electron chi connectivity index (χ3n) is 21.0. The Morgan fingerprint density at radius 1 is 0.179 bits per heavy atom. The Kier molecular flexibility index (Phi) is 15.1. The SMILES string of the molecule is c1ccc(-c2ccc(N(c3cccc(-n4c5ccccc5c5ccccc54)c3)c3cccc4c3ccc3cc5c(cc34)oc3ccccc35)cc2)cc1.c1ccc(-c2ccc(N(c3cccc(N(c4ccccc4)c4ccccc4)c3)c3cccc4c3ccc3cc5c(cc34)oc3ccccc35)cc2)cc1. The van der Waals surface area contributed by atoms with E-state index in [9.17, 15) is 0 Å². The van der Waals surface area contributed by atoms with E-state index >= 15 is 0 Å². The maximum absolute atomic E-state index is 6.37. The normalized spacial score (nSPS) is 11.6. The van der Waals surface area contributed by atoms with Gasteiger partial charge >= 0.3 is 0 Å². The Balaban J connectivity index is 0.000000140. The maximum Gasteiger partial charge on any atom is 0.136 e. The molecular weight excluding hydrogens is 1290 g/mol. The van der Waals surface area contributed by atoms with E-state index in [0.717, 1.165) is 106 Å². The molecule has 0 aliphatic rings. The maximum atomic E-state index is 6.37. The van der Waals surface area contributed by atoms with Crippen LogP contribution in [0.2, 0.25) is 0 Å². The number of benzene rings is 18. The molecule has 0 bridgehead atoms. The minimum absolute atomic E-state index is 0.902. The molecule has 0 saturated heterocycles. The highest BCUT2D eigenvalue weighted by Crippen LogP contribution is 2.48. The average molecular weight is 1360 g/mol. The van der Waals surface area contributed by atoms with Crippen LogP contribution in [0.3, 0.4) is 0 Å². The number of para-hydroxylation sites is 6. The summed E-state index contributed by atoms with van der Waals surface area (Å²) >= 11 is 0. The Labute approximate surface area is 612 Å². The van der Waals surface area contributed by atoms with Crippen LogP contribution in [0.5, 0.6) is 0 Å². The zero-order valence-electron chi connectivity index (χ0n) is 57.7. The van der Waals surface area contributed by atoms with Crippen LogP contribution in [0.1, 0.15) is 0 Å². The number of fused-ring (bicyclic) bond motifs is 15. The van der Waals surface area contributed by atoms with Gasteiger partial charge in [-0.25, -0.2) is 0 Å². The molecule has 6 heteroatoms. The van der Waals surface area contributed by atoms with E-state index in [1.165, 1.54) is 81.8 Å². The van der Waals surface area contributed by atoms with Crippen molar-refractivity contribution in [1.82, 2.24) is 4.57 Å². The zero-order chi connectivity index (χ0) is 70.0. The predicted molar refractivity (Wildman–Crippen MR) is 447 cm³/mol. The van der Waals surface area contributed by atoms with Crippen LogP contribution in [-0.4, -0.2) is 4.57 Å². The molecule has 0 saturated carbocycles. The molecule has 21 rings (SSSR count). The van der Waals surface area contributed by atoms with E-state index in [0.29, 0.717) is 0 Å². The van der Waals surface area contributed by atoms with Gasteiger partial charge in [0.2, 0.25) is 0 Å². The van der Waals surface area contributed by atoms with E-state index < -0.39 is 0 Å². The Morgan fingerprint density at radius 2 is 0.528 bits per heavy atom. The highest BCUT2D eigenvalue weighted by Gasteiger charge is 2.23. The summed E-state index contributed by atoms with van der Waals surface area (Å²) in [4.78, 5) is 7.11. The van der Waals surface area contributed by atoms with E-state index in [-0.39, 0.29) is 0 Å². The lowest BCUT2D eigenvalue weighted by Gasteiger charge is -2.30. The lowest BCUT2D eigenvalue weighted by Crippen LogP contribution is -2.13. The molecule has 0 aliphatic carbocycles. The van der Waals surface area contributed by atoms with Crippen LogP contribution in [0.15, 0.2) is 409 Å². The molecule has 498 valence electrons. The Morgan fingerprint density at radius 3 is 1.00 bits per heavy atom. The van der Waals surface area contributed by atoms with Gasteiger partial charge in [0.1, 0.15) is 22.3 Å². The topological polar surface area (TPSA) is 40.9 Å². The molecule has 3 aromatic heterocycles. The molecule has 18 aromatic carbocycles. The molecule has 0 spiro atoms. The second kappa shape index (κ2) is 26.0. The molecule has 0 amide bonds. The van der Waals surface area contributed by atoms with Gasteiger partial charge in [0.05, 0.1) is 22.4 Å². The summed E-state index contributed by atoms with van der Waals surface area (Å²) in [5.41, 5.74) is 21.7. The first kappa shape index (κ1) is 61.7. The number of hydrogen-bond acceptors (Lipinski definition) is 5. The standard InChI is InChI=1S/C50H32N2O.C50H34N2O/c1-2-12-33(13-3-1)34-24-27-36(28-25-34)51(37-14-10-15-38(31-37)52-47-20-7-4-16-40(47)41-17-5-8-21-48(41)52)46-22-11-19-39-42(46)29-26-35-30-45-43-18-6-9-23-49(43)53-50(45)32-44(35)39;1-4-14-35(15-5-1)36-26-29-40(30-27-36)52(42-21-12-20-41(33-42)51(38-16-6-2-7-17-38)39-18-8-3-9-19-39)48-24-13-23-43-44(48)31-28-37-32-47-45-22-10-11-25-49(45)53-50(47)34-46(37)43/h1-32H;1-34H. The number of furan rings is 2. The predicted octanol–water partition coefficient (Wildman–Crippen LogP) is 28.6. The minimum Gasteiger partial charge on any atom is -0.456 e. The van der Waals surface area contributed by atoms with Crippen molar-refractivity contribution in [3.05, 3.63) is 400 Å². The number of nitrogens with zero attached hydrogens (tertiary/aromatic N) is 4. The Hall–Kier alpha value is -14.2. The van der Waals surface area contributed by atoms with Gasteiger partial charge in [0.15, 0.2) is 0 Å². The molecule has 106 heavy (non-hydrogen) atoms. The number of aromatic nitrogens is 1. The van der Waals surface area contributed by atoms with Gasteiger partial charge in [0.25, 0.3) is 0 Å². The first-order chi connectivity index (χ1) is 52.6. The molecule has 0 fully saturated rings. The number of anilines is 9. The fourth-order valence-corrected chi connectivity index (χ4v) is 16.0. The van der Waals surface area contributed by atoms with Crippen LogP contribution in [0.4, 0.5) is 51.2 Å². The van der Waals surface area contributed by atoms with Gasteiger partial charge in [-0.05, 0) is 200 Å². The Bertz CT molecular complexity index is 6790. The van der Waals surface area contributed by atoms with Gasteiger partial charge in [-0.2, -0.15) is 0 Å². The fourth-order valence-electron chi connectivity index (χ4n) is 16.0. The summed E-state index contributed by atoms with van der Waals surface area (Å²) in [6.07, 6.45) is 0. The van der Waals surface area contributed by atoms with Crippen LogP contribution in [0, 0.1) is 0 Å². The summed E-state index contributed by atoms with van der Waals surface area (Å²) in [5, 5.41) is 16.5. The van der Waals surface area contributed by atoms with Crippen molar-refractivity contribution >= 4 is 160 Å².